The number of nitrogen functional groups attached to an aromatic ring is 1. The number of hydrogen-bond acceptors (Lipinski definition) is 6. The highest BCUT2D eigenvalue weighted by molar-refractivity contribution is 5.53. The summed E-state index contributed by atoms with van der Waals surface area (Å²) in [5.74, 6) is 0.528. The third kappa shape index (κ3) is 3.21. The van der Waals surface area contributed by atoms with Crippen LogP contribution in [-0.2, 0) is 6.42 Å². The zero-order valence-electron chi connectivity index (χ0n) is 10.5. The van der Waals surface area contributed by atoms with Crippen LogP contribution < -0.4 is 10.5 Å². The summed E-state index contributed by atoms with van der Waals surface area (Å²) in [5.41, 5.74) is 6.21. The van der Waals surface area contributed by atoms with E-state index < -0.39 is 4.92 Å². The van der Waals surface area contributed by atoms with Gasteiger partial charge in [0.1, 0.15) is 5.75 Å². The van der Waals surface area contributed by atoms with E-state index in [0.29, 0.717) is 12.2 Å². The highest BCUT2D eigenvalue weighted by Crippen LogP contribution is 2.25. The van der Waals surface area contributed by atoms with Gasteiger partial charge >= 0.3 is 5.69 Å². The molecule has 0 aliphatic carbocycles. The molecule has 0 amide bonds. The van der Waals surface area contributed by atoms with Gasteiger partial charge in [0.25, 0.3) is 0 Å². The standard InChI is InChI=1S/C13H13N3O4/c14-13-11(16(18)19)5-6-12(15-13)20-10-3-1-9(2-4-10)7-8-17/h1-6,17H,7-8H2,(H2,14,15). The minimum atomic E-state index is -0.601. The number of nitrogens with zero attached hydrogens (tertiary/aromatic N) is 2. The van der Waals surface area contributed by atoms with Crippen molar-refractivity contribution < 1.29 is 14.8 Å². The first kappa shape index (κ1) is 13.8. The molecule has 2 aromatic rings. The number of aromatic nitrogens is 1. The molecule has 1 aromatic heterocycles. The van der Waals surface area contributed by atoms with Crippen LogP contribution in [0, 0.1) is 10.1 Å². The Morgan fingerprint density at radius 3 is 2.50 bits per heavy atom. The topological polar surface area (TPSA) is 112 Å². The van der Waals surface area contributed by atoms with E-state index in [1.165, 1.54) is 12.1 Å². The lowest BCUT2D eigenvalue weighted by atomic mass is 10.1. The molecule has 0 aliphatic rings. The van der Waals surface area contributed by atoms with Crippen LogP contribution in [0.25, 0.3) is 0 Å². The molecule has 0 spiro atoms. The Morgan fingerprint density at radius 1 is 1.25 bits per heavy atom. The second kappa shape index (κ2) is 5.98. The van der Waals surface area contributed by atoms with Crippen molar-refractivity contribution in [2.45, 2.75) is 6.42 Å². The molecule has 104 valence electrons. The Hall–Kier alpha value is -2.67. The van der Waals surface area contributed by atoms with Gasteiger partial charge in [-0.2, -0.15) is 4.98 Å². The molecule has 0 fully saturated rings. The second-order valence-electron chi connectivity index (χ2n) is 4.03. The number of aliphatic hydroxyl groups excluding tert-OH is 1. The monoisotopic (exact) mass is 275 g/mol. The molecule has 7 heteroatoms. The molecule has 0 saturated heterocycles. The van der Waals surface area contributed by atoms with Crippen LogP contribution in [0.15, 0.2) is 36.4 Å². The van der Waals surface area contributed by atoms with Crippen LogP contribution in [0.5, 0.6) is 11.6 Å². The van der Waals surface area contributed by atoms with Crippen LogP contribution in [0.4, 0.5) is 11.5 Å². The molecule has 0 atom stereocenters. The number of rotatable bonds is 5. The van der Waals surface area contributed by atoms with E-state index in [1.807, 2.05) is 12.1 Å². The molecule has 1 aromatic carbocycles. The highest BCUT2D eigenvalue weighted by Gasteiger charge is 2.13. The van der Waals surface area contributed by atoms with Crippen molar-refractivity contribution in [3.05, 3.63) is 52.1 Å². The van der Waals surface area contributed by atoms with Crippen LogP contribution in [0.3, 0.4) is 0 Å². The summed E-state index contributed by atoms with van der Waals surface area (Å²) < 4.78 is 5.45. The first-order chi connectivity index (χ1) is 9.60. The van der Waals surface area contributed by atoms with E-state index in [0.717, 1.165) is 5.56 Å². The van der Waals surface area contributed by atoms with Crippen molar-refractivity contribution in [1.82, 2.24) is 4.98 Å². The lowest BCUT2D eigenvalue weighted by molar-refractivity contribution is -0.384. The third-order valence-electron chi connectivity index (χ3n) is 2.62. The lowest BCUT2D eigenvalue weighted by Gasteiger charge is -2.06. The van der Waals surface area contributed by atoms with E-state index in [4.69, 9.17) is 15.6 Å². The van der Waals surface area contributed by atoms with Crippen molar-refractivity contribution in [3.8, 4) is 11.6 Å². The van der Waals surface area contributed by atoms with E-state index in [9.17, 15) is 10.1 Å². The molecular weight excluding hydrogens is 262 g/mol. The maximum Gasteiger partial charge on any atom is 0.311 e. The Balaban J connectivity index is 2.13. The van der Waals surface area contributed by atoms with Crippen LogP contribution in [0.2, 0.25) is 0 Å². The van der Waals surface area contributed by atoms with Crippen LogP contribution in [-0.4, -0.2) is 21.6 Å². The van der Waals surface area contributed by atoms with Crippen molar-refractivity contribution in [2.75, 3.05) is 12.3 Å². The van der Waals surface area contributed by atoms with Crippen LogP contribution in [0.1, 0.15) is 5.56 Å². The first-order valence-corrected chi connectivity index (χ1v) is 5.88. The normalized spacial score (nSPS) is 10.2. The molecule has 0 aliphatic heterocycles. The Kier molecular flexibility index (Phi) is 4.11. The predicted octanol–water partition coefficient (Wildman–Crippen LogP) is 1.90. The van der Waals surface area contributed by atoms with E-state index >= 15 is 0 Å². The maximum absolute atomic E-state index is 10.6. The minimum absolute atomic E-state index is 0.0840. The molecule has 20 heavy (non-hydrogen) atoms. The molecule has 7 nitrogen and oxygen atoms in total. The number of nitro groups is 1. The number of pyridine rings is 1. The average molecular weight is 275 g/mol. The second-order valence-corrected chi connectivity index (χ2v) is 4.03. The molecule has 1 heterocycles. The van der Waals surface area contributed by atoms with Gasteiger partial charge in [0.05, 0.1) is 4.92 Å². The Labute approximate surface area is 114 Å². The summed E-state index contributed by atoms with van der Waals surface area (Å²) in [6.07, 6.45) is 0.572. The molecule has 0 saturated carbocycles. The smallest absolute Gasteiger partial charge is 0.311 e. The molecule has 2 rings (SSSR count). The zero-order valence-corrected chi connectivity index (χ0v) is 10.5. The van der Waals surface area contributed by atoms with E-state index in [2.05, 4.69) is 4.98 Å². The van der Waals surface area contributed by atoms with Crippen molar-refractivity contribution >= 4 is 11.5 Å². The van der Waals surface area contributed by atoms with Gasteiger partial charge in [-0.05, 0) is 24.1 Å². The van der Waals surface area contributed by atoms with Gasteiger partial charge < -0.3 is 15.6 Å². The molecule has 3 N–H and O–H groups in total. The zero-order chi connectivity index (χ0) is 14.5. The lowest BCUT2D eigenvalue weighted by Crippen LogP contribution is -1.99. The number of aliphatic hydroxyl groups is 1. The third-order valence-corrected chi connectivity index (χ3v) is 2.62. The minimum Gasteiger partial charge on any atom is -0.439 e. The van der Waals surface area contributed by atoms with Crippen molar-refractivity contribution in [1.29, 1.82) is 0 Å². The SMILES string of the molecule is Nc1nc(Oc2ccc(CCO)cc2)ccc1[N+](=O)[O-]. The molecule has 0 radical (unpaired) electrons. The molecule has 0 bridgehead atoms. The number of hydrogen-bond donors (Lipinski definition) is 2. The predicted molar refractivity (Wildman–Crippen MR) is 72.6 cm³/mol. The summed E-state index contributed by atoms with van der Waals surface area (Å²) in [5, 5.41) is 19.4. The summed E-state index contributed by atoms with van der Waals surface area (Å²) in [7, 11) is 0. The first-order valence-electron chi connectivity index (χ1n) is 5.88. The van der Waals surface area contributed by atoms with Gasteiger partial charge in [-0.25, -0.2) is 0 Å². The number of benzene rings is 1. The summed E-state index contributed by atoms with van der Waals surface area (Å²) >= 11 is 0. The quantitative estimate of drug-likeness (QED) is 0.636. The van der Waals surface area contributed by atoms with Crippen LogP contribution >= 0.6 is 0 Å². The van der Waals surface area contributed by atoms with Gasteiger partial charge in [-0.3, -0.25) is 10.1 Å². The Morgan fingerprint density at radius 2 is 1.95 bits per heavy atom. The molecular formula is C13H13N3O4. The van der Waals surface area contributed by atoms with Crippen molar-refractivity contribution in [3.63, 3.8) is 0 Å². The fourth-order valence-corrected chi connectivity index (χ4v) is 1.63. The number of nitrogens with two attached hydrogens (primary N) is 1. The van der Waals surface area contributed by atoms with E-state index in [-0.39, 0.29) is 24.0 Å². The average Bonchev–Trinajstić information content (AvgIpc) is 2.41. The molecule has 0 unspecified atom stereocenters. The summed E-state index contributed by atoms with van der Waals surface area (Å²) in [6, 6.07) is 9.73. The Bertz CT molecular complexity index is 614. The van der Waals surface area contributed by atoms with Gasteiger partial charge in [-0.1, -0.05) is 12.1 Å². The summed E-state index contributed by atoms with van der Waals surface area (Å²) in [4.78, 5) is 13.8. The van der Waals surface area contributed by atoms with E-state index in [1.54, 1.807) is 12.1 Å². The maximum atomic E-state index is 10.6. The number of ether oxygens (including phenoxy) is 1. The van der Waals surface area contributed by atoms with Gasteiger partial charge in [0.15, 0.2) is 0 Å². The fraction of sp³-hybridized carbons (Fsp3) is 0.154. The summed E-state index contributed by atoms with van der Waals surface area (Å²) in [6.45, 7) is 0.0840. The fourth-order valence-electron chi connectivity index (χ4n) is 1.63. The highest BCUT2D eigenvalue weighted by atomic mass is 16.6. The van der Waals surface area contributed by atoms with Crippen molar-refractivity contribution in [2.24, 2.45) is 0 Å². The van der Waals surface area contributed by atoms with Gasteiger partial charge in [0.2, 0.25) is 11.7 Å². The van der Waals surface area contributed by atoms with Gasteiger partial charge in [0, 0.05) is 18.7 Å². The van der Waals surface area contributed by atoms with Gasteiger partial charge in [-0.15, -0.1) is 0 Å². The number of anilines is 1. The largest absolute Gasteiger partial charge is 0.439 e.